The molecule has 152 valence electrons. The molecule has 1 unspecified atom stereocenters. The summed E-state index contributed by atoms with van der Waals surface area (Å²) in [6.45, 7) is 11.7. The van der Waals surface area contributed by atoms with Crippen LogP contribution in [0.5, 0.6) is 0 Å². The monoisotopic (exact) mass is 487 g/mol. The number of benzene rings is 1. The summed E-state index contributed by atoms with van der Waals surface area (Å²) in [7, 11) is 0. The van der Waals surface area contributed by atoms with E-state index in [4.69, 9.17) is 0 Å². The quantitative estimate of drug-likeness (QED) is 0.353. The van der Waals surface area contributed by atoms with Gasteiger partial charge in [0.05, 0.1) is 0 Å². The van der Waals surface area contributed by atoms with Crippen LogP contribution in [-0.4, -0.2) is 67.5 Å². The van der Waals surface area contributed by atoms with Gasteiger partial charge in [-0.3, -0.25) is 9.69 Å². The van der Waals surface area contributed by atoms with Gasteiger partial charge in [-0.15, -0.1) is 24.0 Å². The molecule has 2 N–H and O–H groups in total. The molecule has 1 fully saturated rings. The Morgan fingerprint density at radius 3 is 2.22 bits per heavy atom. The van der Waals surface area contributed by atoms with E-state index >= 15 is 0 Å². The van der Waals surface area contributed by atoms with Gasteiger partial charge in [0.25, 0.3) is 0 Å². The molecule has 1 saturated heterocycles. The van der Waals surface area contributed by atoms with E-state index in [9.17, 15) is 4.79 Å². The Morgan fingerprint density at radius 1 is 1.04 bits per heavy atom. The zero-order valence-corrected chi connectivity index (χ0v) is 19.1. The number of hydrogen-bond acceptors (Lipinski definition) is 3. The number of amides is 1. The molecule has 1 aliphatic rings. The van der Waals surface area contributed by atoms with Gasteiger partial charge in [-0.1, -0.05) is 37.3 Å². The highest BCUT2D eigenvalue weighted by atomic mass is 127. The molecule has 1 aliphatic heterocycles. The Balaban J connectivity index is 0.00000364. The summed E-state index contributed by atoms with van der Waals surface area (Å²) in [5, 5.41) is 6.11. The Kier molecular flexibility index (Phi) is 11.3. The van der Waals surface area contributed by atoms with Crippen molar-refractivity contribution in [2.75, 3.05) is 45.8 Å². The summed E-state index contributed by atoms with van der Waals surface area (Å²) < 4.78 is 0. The van der Waals surface area contributed by atoms with Gasteiger partial charge in [-0.05, 0) is 25.8 Å². The highest BCUT2D eigenvalue weighted by Gasteiger charge is 2.25. The molecule has 0 bridgehead atoms. The van der Waals surface area contributed by atoms with Gasteiger partial charge < -0.3 is 15.5 Å². The maximum absolute atomic E-state index is 11.7. The highest BCUT2D eigenvalue weighted by molar-refractivity contribution is 14.0. The van der Waals surface area contributed by atoms with Gasteiger partial charge >= 0.3 is 0 Å². The summed E-state index contributed by atoms with van der Waals surface area (Å²) in [6.07, 6.45) is 1.11. The van der Waals surface area contributed by atoms with Gasteiger partial charge in [0.15, 0.2) is 5.96 Å². The number of halogens is 1. The van der Waals surface area contributed by atoms with Crippen molar-refractivity contribution in [1.82, 2.24) is 20.4 Å². The van der Waals surface area contributed by atoms with E-state index in [1.807, 2.05) is 6.92 Å². The molecule has 1 heterocycles. The van der Waals surface area contributed by atoms with Gasteiger partial charge in [0.2, 0.25) is 5.91 Å². The minimum Gasteiger partial charge on any atom is -0.357 e. The number of piperazine rings is 1. The summed E-state index contributed by atoms with van der Waals surface area (Å²) in [4.78, 5) is 21.0. The average molecular weight is 487 g/mol. The Morgan fingerprint density at radius 2 is 1.67 bits per heavy atom. The minimum absolute atomic E-state index is 0. The highest BCUT2D eigenvalue weighted by Crippen LogP contribution is 2.25. The fraction of sp³-hybridized carbons (Fsp3) is 0.600. The second kappa shape index (κ2) is 12.9. The molecular formula is C20H34IN5O. The van der Waals surface area contributed by atoms with Crippen LogP contribution in [0.2, 0.25) is 0 Å². The molecule has 2 rings (SSSR count). The maximum Gasteiger partial charge on any atom is 0.241 e. The Bertz CT molecular complexity index is 573. The van der Waals surface area contributed by atoms with E-state index in [0.717, 1.165) is 45.1 Å². The SMILES string of the molecule is CCNC(=O)CN=C(NCC)N1CCN(C(CC)c2ccccc2)CC1.I. The number of carbonyl (C=O) groups is 1. The van der Waals surface area contributed by atoms with Gasteiger partial charge in [0, 0.05) is 45.3 Å². The first-order valence-corrected chi connectivity index (χ1v) is 9.78. The molecule has 27 heavy (non-hydrogen) atoms. The lowest BCUT2D eigenvalue weighted by Crippen LogP contribution is -2.53. The Hall–Kier alpha value is -1.35. The molecule has 1 aromatic carbocycles. The molecule has 0 aliphatic carbocycles. The lowest BCUT2D eigenvalue weighted by Gasteiger charge is -2.40. The van der Waals surface area contributed by atoms with Gasteiger partial charge in [-0.25, -0.2) is 4.99 Å². The van der Waals surface area contributed by atoms with E-state index in [-0.39, 0.29) is 36.4 Å². The van der Waals surface area contributed by atoms with Crippen LogP contribution in [0.1, 0.15) is 38.8 Å². The first-order chi connectivity index (χ1) is 12.7. The van der Waals surface area contributed by atoms with Crippen molar-refractivity contribution in [1.29, 1.82) is 0 Å². The van der Waals surface area contributed by atoms with E-state index in [2.05, 4.69) is 69.6 Å². The number of aliphatic imine (C=N–C) groups is 1. The molecule has 1 aromatic rings. The summed E-state index contributed by atoms with van der Waals surface area (Å²) in [5.41, 5.74) is 1.39. The van der Waals surface area contributed by atoms with Gasteiger partial charge in [-0.2, -0.15) is 0 Å². The third-order valence-corrected chi connectivity index (χ3v) is 4.71. The van der Waals surface area contributed by atoms with E-state index in [0.29, 0.717) is 12.6 Å². The predicted molar refractivity (Wildman–Crippen MR) is 123 cm³/mol. The summed E-state index contributed by atoms with van der Waals surface area (Å²) >= 11 is 0. The normalized spacial score (nSPS) is 16.4. The van der Waals surface area contributed by atoms with Crippen molar-refractivity contribution >= 4 is 35.8 Å². The third-order valence-electron chi connectivity index (χ3n) is 4.71. The smallest absolute Gasteiger partial charge is 0.241 e. The largest absolute Gasteiger partial charge is 0.357 e. The first-order valence-electron chi connectivity index (χ1n) is 9.78. The minimum atomic E-state index is -0.0309. The van der Waals surface area contributed by atoms with E-state index in [1.165, 1.54) is 5.56 Å². The fourth-order valence-corrected chi connectivity index (χ4v) is 3.45. The molecule has 0 saturated carbocycles. The van der Waals surface area contributed by atoms with Crippen LogP contribution in [0, 0.1) is 0 Å². The van der Waals surface area contributed by atoms with Crippen molar-refractivity contribution in [3.05, 3.63) is 35.9 Å². The number of carbonyl (C=O) groups excluding carboxylic acids is 1. The average Bonchev–Trinajstić information content (AvgIpc) is 2.67. The summed E-state index contributed by atoms with van der Waals surface area (Å²) in [5.74, 6) is 0.808. The lowest BCUT2D eigenvalue weighted by molar-refractivity contribution is -0.119. The topological polar surface area (TPSA) is 60.0 Å². The van der Waals surface area contributed by atoms with Crippen molar-refractivity contribution in [2.24, 2.45) is 4.99 Å². The number of likely N-dealkylation sites (N-methyl/N-ethyl adjacent to an activating group) is 1. The lowest BCUT2D eigenvalue weighted by atomic mass is 10.0. The first kappa shape index (κ1) is 23.7. The molecule has 0 spiro atoms. The third kappa shape index (κ3) is 7.29. The van der Waals surface area contributed by atoms with Crippen LogP contribution < -0.4 is 10.6 Å². The van der Waals surface area contributed by atoms with Crippen molar-refractivity contribution in [2.45, 2.75) is 33.2 Å². The second-order valence-electron chi connectivity index (χ2n) is 6.48. The van der Waals surface area contributed by atoms with Crippen LogP contribution in [0.25, 0.3) is 0 Å². The number of nitrogens with one attached hydrogen (secondary N) is 2. The van der Waals surface area contributed by atoms with Crippen LogP contribution in [0.4, 0.5) is 0 Å². The zero-order chi connectivity index (χ0) is 18.8. The molecule has 0 radical (unpaired) electrons. The van der Waals surface area contributed by atoms with Crippen LogP contribution in [0.3, 0.4) is 0 Å². The molecule has 7 heteroatoms. The number of guanidine groups is 1. The molecule has 1 amide bonds. The molecule has 1 atom stereocenters. The fourth-order valence-electron chi connectivity index (χ4n) is 3.45. The van der Waals surface area contributed by atoms with Crippen LogP contribution >= 0.6 is 24.0 Å². The van der Waals surface area contributed by atoms with Crippen LogP contribution in [-0.2, 0) is 4.79 Å². The maximum atomic E-state index is 11.7. The van der Waals surface area contributed by atoms with Crippen molar-refractivity contribution in [3.8, 4) is 0 Å². The molecule has 0 aromatic heterocycles. The Labute approximate surface area is 180 Å². The molecular weight excluding hydrogens is 453 g/mol. The predicted octanol–water partition coefficient (Wildman–Crippen LogP) is 2.47. The summed E-state index contributed by atoms with van der Waals surface area (Å²) in [6, 6.07) is 11.2. The van der Waals surface area contributed by atoms with Crippen LogP contribution in [0.15, 0.2) is 35.3 Å². The van der Waals surface area contributed by atoms with Crippen molar-refractivity contribution < 1.29 is 4.79 Å². The van der Waals surface area contributed by atoms with E-state index in [1.54, 1.807) is 0 Å². The number of rotatable bonds is 7. The number of hydrogen-bond donors (Lipinski definition) is 2. The zero-order valence-electron chi connectivity index (χ0n) is 16.8. The number of nitrogens with zero attached hydrogens (tertiary/aromatic N) is 3. The second-order valence-corrected chi connectivity index (χ2v) is 6.48. The molecule has 6 nitrogen and oxygen atoms in total. The van der Waals surface area contributed by atoms with E-state index < -0.39 is 0 Å². The van der Waals surface area contributed by atoms with Gasteiger partial charge in [0.1, 0.15) is 6.54 Å². The standard InChI is InChI=1S/C20H33N5O.HI/c1-4-18(17-10-8-7-9-11-17)24-12-14-25(15-13-24)20(22-6-3)23-16-19(26)21-5-2;/h7-11,18H,4-6,12-16H2,1-3H3,(H,21,26)(H,22,23);1H. The van der Waals surface area contributed by atoms with Crippen molar-refractivity contribution in [3.63, 3.8) is 0 Å².